The van der Waals surface area contributed by atoms with Crippen molar-refractivity contribution >= 4 is 34.6 Å². The second-order valence-corrected chi connectivity index (χ2v) is 9.09. The van der Waals surface area contributed by atoms with Crippen LogP contribution in [0.2, 0.25) is 0 Å². The molecule has 0 N–H and O–H groups in total. The first-order chi connectivity index (χ1) is 13.1. The molecule has 1 aliphatic carbocycles. The smallest absolute Gasteiger partial charge is 0.229 e. The van der Waals surface area contributed by atoms with Crippen molar-refractivity contribution in [3.8, 4) is 0 Å². The molecule has 2 aliphatic heterocycles. The molecule has 27 heavy (non-hydrogen) atoms. The fraction of sp³-hybridized carbons (Fsp3) is 0.409. The average molecular weight is 382 g/mol. The number of benzene rings is 1. The van der Waals surface area contributed by atoms with Gasteiger partial charge in [0.1, 0.15) is 17.4 Å². The summed E-state index contributed by atoms with van der Waals surface area (Å²) in [4.78, 5) is 4.76. The van der Waals surface area contributed by atoms with Crippen molar-refractivity contribution in [3.05, 3.63) is 53.0 Å². The SMILES string of the molecule is C[N+]1(C)C=NC(OC2CCCCC2)=C2C(c3cc4ccccc4o3)=CSC21. The Morgan fingerprint density at radius 1 is 1.15 bits per heavy atom. The van der Waals surface area contributed by atoms with Gasteiger partial charge in [0.2, 0.25) is 5.88 Å². The second kappa shape index (κ2) is 6.57. The molecule has 1 aromatic heterocycles. The maximum absolute atomic E-state index is 6.44. The summed E-state index contributed by atoms with van der Waals surface area (Å²) in [5, 5.41) is 3.60. The van der Waals surface area contributed by atoms with Crippen LogP contribution in [0.15, 0.2) is 56.6 Å². The van der Waals surface area contributed by atoms with Crippen molar-refractivity contribution in [2.75, 3.05) is 14.1 Å². The monoisotopic (exact) mass is 381 g/mol. The average Bonchev–Trinajstić information content (AvgIpc) is 3.30. The molecule has 1 fully saturated rings. The normalized spacial score (nSPS) is 25.0. The van der Waals surface area contributed by atoms with Crippen molar-refractivity contribution in [1.82, 2.24) is 0 Å². The van der Waals surface area contributed by atoms with Gasteiger partial charge in [0.05, 0.1) is 19.7 Å². The fourth-order valence-electron chi connectivity index (χ4n) is 4.18. The number of thioether (sulfide) groups is 1. The summed E-state index contributed by atoms with van der Waals surface area (Å²) in [6, 6.07) is 10.3. The number of nitrogens with zero attached hydrogens (tertiary/aromatic N) is 2. The van der Waals surface area contributed by atoms with Crippen molar-refractivity contribution in [2.24, 2.45) is 4.99 Å². The van der Waals surface area contributed by atoms with Crippen LogP contribution in [0.1, 0.15) is 37.9 Å². The number of aliphatic imine (C=N–C) groups is 1. The van der Waals surface area contributed by atoms with Crippen LogP contribution < -0.4 is 0 Å². The molecule has 5 rings (SSSR count). The number of ether oxygens (including phenoxy) is 1. The van der Waals surface area contributed by atoms with Gasteiger partial charge in [0.15, 0.2) is 11.7 Å². The van der Waals surface area contributed by atoms with Gasteiger partial charge in [-0.25, -0.2) is 0 Å². The Kier molecular flexibility index (Phi) is 4.17. The zero-order chi connectivity index (χ0) is 18.4. The first-order valence-electron chi connectivity index (χ1n) is 9.76. The summed E-state index contributed by atoms with van der Waals surface area (Å²) in [7, 11) is 4.38. The van der Waals surface area contributed by atoms with E-state index in [1.165, 1.54) is 24.8 Å². The molecule has 4 nitrogen and oxygen atoms in total. The van der Waals surface area contributed by atoms with E-state index < -0.39 is 0 Å². The Hall–Kier alpha value is -1.98. The summed E-state index contributed by atoms with van der Waals surface area (Å²) in [5.41, 5.74) is 3.22. The fourth-order valence-corrected chi connectivity index (χ4v) is 5.42. The molecule has 3 heterocycles. The van der Waals surface area contributed by atoms with Crippen LogP contribution in [0.5, 0.6) is 0 Å². The van der Waals surface area contributed by atoms with Gasteiger partial charge < -0.3 is 9.15 Å². The third kappa shape index (κ3) is 3.03. The van der Waals surface area contributed by atoms with Crippen LogP contribution in [0, 0.1) is 0 Å². The third-order valence-electron chi connectivity index (χ3n) is 5.68. The Bertz CT molecular complexity index is 931. The van der Waals surface area contributed by atoms with E-state index in [1.807, 2.05) is 36.3 Å². The molecule has 0 amide bonds. The lowest BCUT2D eigenvalue weighted by Crippen LogP contribution is -2.48. The minimum absolute atomic E-state index is 0.254. The number of likely N-dealkylation sites (N-methyl/N-ethyl adjacent to an activating group) is 1. The van der Waals surface area contributed by atoms with Gasteiger partial charge in [-0.15, -0.1) is 0 Å². The van der Waals surface area contributed by atoms with E-state index in [0.717, 1.165) is 41.0 Å². The molecule has 1 atom stereocenters. The largest absolute Gasteiger partial charge is 0.474 e. The molecule has 140 valence electrons. The predicted octanol–water partition coefficient (Wildman–Crippen LogP) is 5.53. The van der Waals surface area contributed by atoms with E-state index in [9.17, 15) is 0 Å². The number of para-hydroxylation sites is 1. The molecular formula is C22H25N2O2S+. The Labute approximate surface area is 164 Å². The molecule has 1 aromatic carbocycles. The van der Waals surface area contributed by atoms with Gasteiger partial charge in [-0.2, -0.15) is 4.99 Å². The molecule has 0 radical (unpaired) electrons. The third-order valence-corrected chi connectivity index (χ3v) is 7.09. The number of quaternary nitrogens is 1. The van der Waals surface area contributed by atoms with Crippen LogP contribution in [-0.4, -0.2) is 36.4 Å². The Morgan fingerprint density at radius 3 is 2.78 bits per heavy atom. The van der Waals surface area contributed by atoms with E-state index in [0.29, 0.717) is 4.48 Å². The zero-order valence-corrected chi connectivity index (χ0v) is 16.7. The highest BCUT2D eigenvalue weighted by molar-refractivity contribution is 8.03. The minimum Gasteiger partial charge on any atom is -0.474 e. The summed E-state index contributed by atoms with van der Waals surface area (Å²) >= 11 is 1.83. The van der Waals surface area contributed by atoms with E-state index in [-0.39, 0.29) is 11.5 Å². The molecule has 2 aromatic rings. The first kappa shape index (κ1) is 17.1. The summed E-state index contributed by atoms with van der Waals surface area (Å²) in [6.45, 7) is 0. The van der Waals surface area contributed by atoms with Crippen molar-refractivity contribution in [1.29, 1.82) is 0 Å². The number of hydrogen-bond donors (Lipinski definition) is 0. The summed E-state index contributed by atoms with van der Waals surface area (Å²) in [5.74, 6) is 1.70. The van der Waals surface area contributed by atoms with Crippen LogP contribution in [0.3, 0.4) is 0 Å². The van der Waals surface area contributed by atoms with E-state index in [2.05, 4.69) is 31.6 Å². The quantitative estimate of drug-likeness (QED) is 0.656. The van der Waals surface area contributed by atoms with E-state index in [1.54, 1.807) is 0 Å². The topological polar surface area (TPSA) is 34.7 Å². The van der Waals surface area contributed by atoms with Gasteiger partial charge in [0.25, 0.3) is 0 Å². The lowest BCUT2D eigenvalue weighted by atomic mass is 9.97. The maximum atomic E-state index is 6.44. The number of fused-ring (bicyclic) bond motifs is 2. The van der Waals surface area contributed by atoms with E-state index >= 15 is 0 Å². The molecule has 5 heteroatoms. The maximum Gasteiger partial charge on any atom is 0.229 e. The molecule has 1 unspecified atom stereocenters. The first-order valence-corrected chi connectivity index (χ1v) is 10.7. The standard InChI is InChI=1S/C22H25N2O2S/c1-24(2)14-23-21(25-16-9-4-3-5-10-16)20-17(13-27-22(20)24)19-12-15-8-6-7-11-18(15)26-19/h6-8,11-14,16,22H,3-5,9-10H2,1-2H3/q+1. The van der Waals surface area contributed by atoms with Crippen LogP contribution >= 0.6 is 11.8 Å². The predicted molar refractivity (Wildman–Crippen MR) is 111 cm³/mol. The Balaban J connectivity index is 1.55. The lowest BCUT2D eigenvalue weighted by molar-refractivity contribution is -0.798. The summed E-state index contributed by atoms with van der Waals surface area (Å²) < 4.78 is 13.3. The van der Waals surface area contributed by atoms with Crippen LogP contribution in [0.4, 0.5) is 0 Å². The van der Waals surface area contributed by atoms with Crippen molar-refractivity contribution in [2.45, 2.75) is 43.6 Å². The van der Waals surface area contributed by atoms with Gasteiger partial charge in [-0.1, -0.05) is 36.4 Å². The molecule has 0 bridgehead atoms. The van der Waals surface area contributed by atoms with Gasteiger partial charge in [0, 0.05) is 11.0 Å². The van der Waals surface area contributed by atoms with Gasteiger partial charge in [-0.3, -0.25) is 4.48 Å². The molecule has 0 saturated heterocycles. The minimum atomic E-state index is 0.254. The van der Waals surface area contributed by atoms with Crippen molar-refractivity contribution < 1.29 is 13.6 Å². The van der Waals surface area contributed by atoms with Crippen LogP contribution in [-0.2, 0) is 4.74 Å². The highest BCUT2D eigenvalue weighted by Gasteiger charge is 2.44. The zero-order valence-electron chi connectivity index (χ0n) is 15.9. The molecular weight excluding hydrogens is 356 g/mol. The summed E-state index contributed by atoms with van der Waals surface area (Å²) in [6.07, 6.45) is 8.38. The molecule has 3 aliphatic rings. The van der Waals surface area contributed by atoms with Gasteiger partial charge in [-0.05, 0) is 43.2 Å². The highest BCUT2D eigenvalue weighted by atomic mass is 32.2. The lowest BCUT2D eigenvalue weighted by Gasteiger charge is -2.35. The highest BCUT2D eigenvalue weighted by Crippen LogP contribution is 2.48. The molecule has 0 spiro atoms. The molecule has 1 saturated carbocycles. The van der Waals surface area contributed by atoms with Crippen molar-refractivity contribution in [3.63, 3.8) is 0 Å². The number of hydrogen-bond acceptors (Lipinski definition) is 4. The Morgan fingerprint density at radius 2 is 1.96 bits per heavy atom. The van der Waals surface area contributed by atoms with Crippen LogP contribution in [0.25, 0.3) is 16.5 Å². The number of furan rings is 1. The van der Waals surface area contributed by atoms with E-state index in [4.69, 9.17) is 14.1 Å². The van der Waals surface area contributed by atoms with Gasteiger partial charge >= 0.3 is 0 Å². The number of rotatable bonds is 3. The second-order valence-electron chi connectivity index (χ2n) is 8.14.